The van der Waals surface area contributed by atoms with Gasteiger partial charge in [0.05, 0.1) is 11.7 Å². The molecule has 0 bridgehead atoms. The number of aromatic nitrogens is 2. The van der Waals surface area contributed by atoms with E-state index in [1.54, 1.807) is 0 Å². The fraction of sp³-hybridized carbons (Fsp3) is 0.417. The molecule has 0 N–H and O–H groups in total. The molecule has 0 aliphatic carbocycles. The minimum atomic E-state index is 1.18. The number of para-hydroxylation sites is 1. The quantitative estimate of drug-likeness (QED) is 0.674. The first-order valence-corrected chi connectivity index (χ1v) is 5.16. The van der Waals surface area contributed by atoms with Crippen LogP contribution >= 0.6 is 0 Å². The van der Waals surface area contributed by atoms with Gasteiger partial charge in [0.25, 0.3) is 0 Å². The van der Waals surface area contributed by atoms with Crippen molar-refractivity contribution in [3.63, 3.8) is 0 Å². The lowest BCUT2D eigenvalue weighted by atomic mass is 10.3. The van der Waals surface area contributed by atoms with Crippen molar-refractivity contribution < 1.29 is 0 Å². The van der Waals surface area contributed by atoms with E-state index in [9.17, 15) is 0 Å². The van der Waals surface area contributed by atoms with Crippen molar-refractivity contribution in [3.8, 4) is 0 Å². The average Bonchev–Trinajstić information content (AvgIpc) is 2.62. The second-order valence-corrected chi connectivity index (χ2v) is 3.33. The van der Waals surface area contributed by atoms with Gasteiger partial charge in [-0.1, -0.05) is 44.9 Å². The van der Waals surface area contributed by atoms with Crippen LogP contribution in [0.1, 0.15) is 26.7 Å². The maximum Gasteiger partial charge on any atom is 0.0679 e. The number of rotatable bonds is 1. The zero-order valence-electron chi connectivity index (χ0n) is 9.20. The van der Waals surface area contributed by atoms with Crippen LogP contribution in [-0.2, 0) is 7.05 Å². The van der Waals surface area contributed by atoms with Crippen LogP contribution in [0.15, 0.2) is 30.5 Å². The molecule has 2 rings (SSSR count). The predicted octanol–water partition coefficient (Wildman–Crippen LogP) is 3.38. The summed E-state index contributed by atoms with van der Waals surface area (Å²) < 4.78 is 1.87. The van der Waals surface area contributed by atoms with Gasteiger partial charge < -0.3 is 0 Å². The van der Waals surface area contributed by atoms with Gasteiger partial charge in [0.15, 0.2) is 0 Å². The molecule has 2 aromatic rings. The molecule has 76 valence electrons. The molecule has 1 aromatic heterocycles. The van der Waals surface area contributed by atoms with Gasteiger partial charge in [0, 0.05) is 12.4 Å². The molecule has 0 atom stereocenters. The fourth-order valence-electron chi connectivity index (χ4n) is 1.10. The van der Waals surface area contributed by atoms with Gasteiger partial charge in [-0.15, -0.1) is 0 Å². The van der Waals surface area contributed by atoms with Gasteiger partial charge >= 0.3 is 0 Å². The maximum atomic E-state index is 4.11. The van der Waals surface area contributed by atoms with Gasteiger partial charge in [-0.2, -0.15) is 5.10 Å². The van der Waals surface area contributed by atoms with Gasteiger partial charge in [-0.3, -0.25) is 4.68 Å². The van der Waals surface area contributed by atoms with Crippen LogP contribution in [0.3, 0.4) is 0 Å². The number of aryl methyl sites for hydroxylation is 1. The van der Waals surface area contributed by atoms with Crippen molar-refractivity contribution in [2.75, 3.05) is 0 Å². The lowest BCUT2D eigenvalue weighted by molar-refractivity contribution is 0.797. The van der Waals surface area contributed by atoms with Crippen molar-refractivity contribution in [3.05, 3.63) is 30.5 Å². The molecule has 0 spiro atoms. The molecule has 1 heterocycles. The van der Waals surface area contributed by atoms with Gasteiger partial charge in [0.2, 0.25) is 0 Å². The van der Waals surface area contributed by atoms with Crippen LogP contribution in [-0.4, -0.2) is 9.78 Å². The topological polar surface area (TPSA) is 17.8 Å². The van der Waals surface area contributed by atoms with E-state index >= 15 is 0 Å². The lowest BCUT2D eigenvalue weighted by Gasteiger charge is -1.90. The van der Waals surface area contributed by atoms with Crippen LogP contribution in [0.5, 0.6) is 0 Å². The summed E-state index contributed by atoms with van der Waals surface area (Å²) in [5.74, 6) is 0. The molecule has 0 aliphatic rings. The summed E-state index contributed by atoms with van der Waals surface area (Å²) in [6.07, 6.45) is 4.51. The Morgan fingerprint density at radius 3 is 2.36 bits per heavy atom. The molecule has 2 heteroatoms. The molecule has 14 heavy (non-hydrogen) atoms. The highest BCUT2D eigenvalue weighted by molar-refractivity contribution is 5.78. The smallest absolute Gasteiger partial charge is 0.0679 e. The van der Waals surface area contributed by atoms with E-state index in [1.807, 2.05) is 30.1 Å². The van der Waals surface area contributed by atoms with E-state index in [2.05, 4.69) is 31.1 Å². The van der Waals surface area contributed by atoms with E-state index in [0.717, 1.165) is 0 Å². The zero-order valence-corrected chi connectivity index (χ0v) is 9.20. The number of nitrogens with zero attached hydrogens (tertiary/aromatic N) is 2. The standard InChI is InChI=1S/C8H8N2.C4H10/c1-10-8-5-3-2-4-7(8)6-9-10;1-3-4-2/h2-6H,1H3;3-4H2,1-2H3. The van der Waals surface area contributed by atoms with Crippen molar-refractivity contribution in [1.82, 2.24) is 9.78 Å². The minimum absolute atomic E-state index is 1.18. The SMILES string of the molecule is CCCC.Cn1ncc2ccccc21. The minimum Gasteiger partial charge on any atom is -0.268 e. The van der Waals surface area contributed by atoms with Crippen LogP contribution < -0.4 is 0 Å². The van der Waals surface area contributed by atoms with E-state index in [1.165, 1.54) is 23.7 Å². The normalized spacial score (nSPS) is 9.64. The first-order valence-electron chi connectivity index (χ1n) is 5.16. The van der Waals surface area contributed by atoms with Gasteiger partial charge in [-0.05, 0) is 6.07 Å². The monoisotopic (exact) mass is 190 g/mol. The molecule has 0 aliphatic heterocycles. The molecule has 0 saturated carbocycles. The predicted molar refractivity (Wildman–Crippen MR) is 61.3 cm³/mol. The molecule has 0 radical (unpaired) electrons. The summed E-state index contributed by atoms with van der Waals surface area (Å²) in [6.45, 7) is 4.36. The number of hydrogen-bond donors (Lipinski definition) is 0. The van der Waals surface area contributed by atoms with Crippen LogP contribution in [0, 0.1) is 0 Å². The maximum absolute atomic E-state index is 4.11. The Morgan fingerprint density at radius 1 is 1.14 bits per heavy atom. The largest absolute Gasteiger partial charge is 0.268 e. The zero-order chi connectivity index (χ0) is 10.4. The highest BCUT2D eigenvalue weighted by Crippen LogP contribution is 2.09. The molecule has 1 aromatic carbocycles. The fourth-order valence-corrected chi connectivity index (χ4v) is 1.10. The number of fused-ring (bicyclic) bond motifs is 1. The third-order valence-electron chi connectivity index (χ3n) is 2.16. The Kier molecular flexibility index (Phi) is 4.17. The van der Waals surface area contributed by atoms with Crippen molar-refractivity contribution in [1.29, 1.82) is 0 Å². The van der Waals surface area contributed by atoms with E-state index in [4.69, 9.17) is 0 Å². The molecule has 2 nitrogen and oxygen atoms in total. The summed E-state index contributed by atoms with van der Waals surface area (Å²) in [5.41, 5.74) is 1.18. The Labute approximate surface area is 85.6 Å². The second-order valence-electron chi connectivity index (χ2n) is 3.33. The van der Waals surface area contributed by atoms with E-state index in [0.29, 0.717) is 0 Å². The summed E-state index contributed by atoms with van der Waals surface area (Å²) in [4.78, 5) is 0. The summed E-state index contributed by atoms with van der Waals surface area (Å²) in [6, 6.07) is 8.15. The second kappa shape index (κ2) is 5.43. The van der Waals surface area contributed by atoms with E-state index in [-0.39, 0.29) is 0 Å². The lowest BCUT2D eigenvalue weighted by Crippen LogP contribution is -1.87. The number of hydrogen-bond acceptors (Lipinski definition) is 1. The summed E-state index contributed by atoms with van der Waals surface area (Å²) in [7, 11) is 1.95. The average molecular weight is 190 g/mol. The Bertz CT molecular complexity index is 374. The van der Waals surface area contributed by atoms with Crippen molar-refractivity contribution >= 4 is 10.9 Å². The van der Waals surface area contributed by atoms with Crippen LogP contribution in [0.4, 0.5) is 0 Å². The summed E-state index contributed by atoms with van der Waals surface area (Å²) >= 11 is 0. The Balaban J connectivity index is 0.000000213. The molecule has 0 fully saturated rings. The molecule has 0 amide bonds. The van der Waals surface area contributed by atoms with Crippen LogP contribution in [0.2, 0.25) is 0 Å². The third-order valence-corrected chi connectivity index (χ3v) is 2.16. The first kappa shape index (κ1) is 10.8. The third kappa shape index (κ3) is 2.59. The molecule has 0 saturated heterocycles. The molecular weight excluding hydrogens is 172 g/mol. The Hall–Kier alpha value is -1.31. The highest BCUT2D eigenvalue weighted by Gasteiger charge is 1.93. The summed E-state index contributed by atoms with van der Waals surface area (Å²) in [5, 5.41) is 5.31. The first-order chi connectivity index (χ1) is 6.79. The van der Waals surface area contributed by atoms with Gasteiger partial charge in [0.1, 0.15) is 0 Å². The van der Waals surface area contributed by atoms with Crippen molar-refractivity contribution in [2.24, 2.45) is 7.05 Å². The van der Waals surface area contributed by atoms with Crippen LogP contribution in [0.25, 0.3) is 10.9 Å². The highest BCUT2D eigenvalue weighted by atomic mass is 15.2. The van der Waals surface area contributed by atoms with E-state index < -0.39 is 0 Å². The Morgan fingerprint density at radius 2 is 1.79 bits per heavy atom. The number of benzene rings is 1. The van der Waals surface area contributed by atoms with Crippen molar-refractivity contribution in [2.45, 2.75) is 26.7 Å². The van der Waals surface area contributed by atoms with Gasteiger partial charge in [-0.25, -0.2) is 0 Å². The molecular formula is C12H18N2. The molecule has 0 unspecified atom stereocenters. The number of unbranched alkanes of at least 4 members (excludes halogenated alkanes) is 1.